The Morgan fingerprint density at radius 3 is 2.46 bits per heavy atom. The lowest BCUT2D eigenvalue weighted by molar-refractivity contribution is 0.281. The van der Waals surface area contributed by atoms with Crippen molar-refractivity contribution < 1.29 is 9.47 Å². The summed E-state index contributed by atoms with van der Waals surface area (Å²) >= 11 is 1.73. The van der Waals surface area contributed by atoms with Gasteiger partial charge in [-0.3, -0.25) is 0 Å². The zero-order chi connectivity index (χ0) is 24.2. The van der Waals surface area contributed by atoms with E-state index in [2.05, 4.69) is 92.0 Å². The van der Waals surface area contributed by atoms with E-state index in [1.165, 1.54) is 15.8 Å². The van der Waals surface area contributed by atoms with Crippen LogP contribution in [0.1, 0.15) is 22.3 Å². The van der Waals surface area contributed by atoms with Crippen molar-refractivity contribution in [3.05, 3.63) is 107 Å². The highest BCUT2D eigenvalue weighted by Gasteiger charge is 2.12. The molecule has 5 heteroatoms. The molecule has 0 radical (unpaired) electrons. The molecule has 0 unspecified atom stereocenters. The van der Waals surface area contributed by atoms with Crippen molar-refractivity contribution in [3.8, 4) is 22.1 Å². The Morgan fingerprint density at radius 2 is 1.66 bits per heavy atom. The number of hydrogen-bond acceptors (Lipinski definition) is 5. The third-order valence-corrected chi connectivity index (χ3v) is 6.97. The summed E-state index contributed by atoms with van der Waals surface area (Å²) in [6.45, 7) is 5.32. The highest BCUT2D eigenvalue weighted by Crippen LogP contribution is 2.34. The Hall–Kier alpha value is -3.83. The van der Waals surface area contributed by atoms with Crippen molar-refractivity contribution >= 4 is 27.2 Å². The number of thiazole rings is 1. The molecule has 1 heterocycles. The van der Waals surface area contributed by atoms with Gasteiger partial charge in [-0.2, -0.15) is 0 Å². The molecule has 0 aliphatic carbocycles. The molecule has 0 aliphatic heterocycles. The lowest BCUT2D eigenvalue weighted by Crippen LogP contribution is -2.05. The summed E-state index contributed by atoms with van der Waals surface area (Å²) in [5.74, 6) is 1.50. The molecular weight excluding hydrogens is 452 g/mol. The van der Waals surface area contributed by atoms with E-state index in [9.17, 15) is 0 Å². The largest absolute Gasteiger partial charge is 0.493 e. The van der Waals surface area contributed by atoms with Crippen LogP contribution in [0.15, 0.2) is 84.9 Å². The minimum absolute atomic E-state index is 0.492. The van der Waals surface area contributed by atoms with Crippen LogP contribution in [0.4, 0.5) is 5.69 Å². The number of aryl methyl sites for hydroxylation is 2. The number of hydrogen-bond donors (Lipinski definition) is 1. The molecule has 0 aliphatic rings. The fourth-order valence-corrected chi connectivity index (χ4v) is 5.14. The number of nitrogens with one attached hydrogen (secondary N) is 1. The average Bonchev–Trinajstić information content (AvgIpc) is 3.30. The van der Waals surface area contributed by atoms with Crippen molar-refractivity contribution in [2.45, 2.75) is 27.0 Å². The lowest BCUT2D eigenvalue weighted by Gasteiger charge is -2.16. The Bertz CT molecular complexity index is 1460. The van der Waals surface area contributed by atoms with Gasteiger partial charge in [-0.25, -0.2) is 4.98 Å². The molecule has 0 fully saturated rings. The highest BCUT2D eigenvalue weighted by atomic mass is 32.1. The number of para-hydroxylation sites is 1. The van der Waals surface area contributed by atoms with Crippen molar-refractivity contribution in [2.24, 2.45) is 0 Å². The maximum Gasteiger partial charge on any atom is 0.166 e. The quantitative estimate of drug-likeness (QED) is 0.246. The van der Waals surface area contributed by atoms with E-state index in [0.717, 1.165) is 44.4 Å². The van der Waals surface area contributed by atoms with Crippen LogP contribution in [0.2, 0.25) is 0 Å². The first-order valence-corrected chi connectivity index (χ1v) is 12.5. The van der Waals surface area contributed by atoms with Gasteiger partial charge in [-0.1, -0.05) is 48.0 Å². The molecule has 0 saturated carbocycles. The van der Waals surface area contributed by atoms with E-state index in [4.69, 9.17) is 14.5 Å². The molecule has 0 amide bonds. The maximum absolute atomic E-state index is 6.23. The molecule has 0 bridgehead atoms. The van der Waals surface area contributed by atoms with Crippen LogP contribution < -0.4 is 14.8 Å². The van der Waals surface area contributed by atoms with Gasteiger partial charge in [0.15, 0.2) is 11.5 Å². The van der Waals surface area contributed by atoms with Gasteiger partial charge in [-0.15, -0.1) is 11.3 Å². The molecule has 35 heavy (non-hydrogen) atoms. The zero-order valence-corrected chi connectivity index (χ0v) is 21.0. The van der Waals surface area contributed by atoms with Gasteiger partial charge < -0.3 is 14.8 Å². The summed E-state index contributed by atoms with van der Waals surface area (Å²) in [6, 6.07) is 29.2. The van der Waals surface area contributed by atoms with Gasteiger partial charge in [-0.05, 0) is 67.4 Å². The van der Waals surface area contributed by atoms with E-state index in [1.807, 2.05) is 12.1 Å². The summed E-state index contributed by atoms with van der Waals surface area (Å²) < 4.78 is 13.0. The fraction of sp³-hybridized carbons (Fsp3) is 0.167. The van der Waals surface area contributed by atoms with Gasteiger partial charge in [0.2, 0.25) is 0 Å². The van der Waals surface area contributed by atoms with Crippen molar-refractivity contribution in [3.63, 3.8) is 0 Å². The smallest absolute Gasteiger partial charge is 0.166 e. The Kier molecular flexibility index (Phi) is 6.68. The predicted molar refractivity (Wildman–Crippen MR) is 146 cm³/mol. The van der Waals surface area contributed by atoms with Crippen molar-refractivity contribution in [1.29, 1.82) is 0 Å². The van der Waals surface area contributed by atoms with Gasteiger partial charge >= 0.3 is 0 Å². The molecule has 1 N–H and O–H groups in total. The molecule has 4 nitrogen and oxygen atoms in total. The minimum Gasteiger partial charge on any atom is -0.493 e. The third kappa shape index (κ3) is 5.31. The molecule has 176 valence electrons. The van der Waals surface area contributed by atoms with Crippen LogP contribution >= 0.6 is 11.3 Å². The van der Waals surface area contributed by atoms with Crippen molar-refractivity contribution in [2.75, 3.05) is 12.4 Å². The summed E-state index contributed by atoms with van der Waals surface area (Å²) in [6.07, 6.45) is 0. The van der Waals surface area contributed by atoms with Crippen LogP contribution in [-0.4, -0.2) is 12.1 Å². The molecular formula is C30H28N2O2S. The van der Waals surface area contributed by atoms with E-state index >= 15 is 0 Å². The second-order valence-corrected chi connectivity index (χ2v) is 9.68. The molecule has 4 aromatic carbocycles. The normalized spacial score (nSPS) is 10.9. The topological polar surface area (TPSA) is 43.4 Å². The van der Waals surface area contributed by atoms with Gasteiger partial charge in [0.25, 0.3) is 0 Å². The molecule has 0 saturated heterocycles. The van der Waals surface area contributed by atoms with E-state index in [1.54, 1.807) is 18.4 Å². The van der Waals surface area contributed by atoms with Gasteiger partial charge in [0, 0.05) is 23.4 Å². The van der Waals surface area contributed by atoms with Crippen LogP contribution in [0.25, 0.3) is 20.8 Å². The fourth-order valence-electron chi connectivity index (χ4n) is 4.07. The Labute approximate surface area is 210 Å². The first-order valence-electron chi connectivity index (χ1n) is 11.6. The minimum atomic E-state index is 0.492. The van der Waals surface area contributed by atoms with Crippen molar-refractivity contribution in [1.82, 2.24) is 4.98 Å². The zero-order valence-electron chi connectivity index (χ0n) is 20.2. The predicted octanol–water partition coefficient (Wildman–Crippen LogP) is 7.78. The molecule has 5 rings (SSSR count). The third-order valence-electron chi connectivity index (χ3n) is 5.90. The number of aromatic nitrogens is 1. The molecule has 0 atom stereocenters. The molecule has 1 aromatic heterocycles. The number of methoxy groups -OCH3 is 1. The van der Waals surface area contributed by atoms with E-state index in [0.29, 0.717) is 13.2 Å². The first-order chi connectivity index (χ1) is 17.1. The summed E-state index contributed by atoms with van der Waals surface area (Å²) in [7, 11) is 1.67. The highest BCUT2D eigenvalue weighted by molar-refractivity contribution is 7.21. The number of anilines is 1. The van der Waals surface area contributed by atoms with Crippen LogP contribution in [0.3, 0.4) is 0 Å². The second-order valence-electron chi connectivity index (χ2n) is 8.65. The second kappa shape index (κ2) is 10.2. The standard InChI is InChI=1S/C30H28N2O2S/c1-20-6-4-7-22(16-20)19-34-29-24(8-5-9-27(29)33-3)18-31-25-13-11-23(12-14-25)30-32-26-15-10-21(2)17-28(26)35-30/h4-17,31H,18-19H2,1-3H3. The van der Waals surface area contributed by atoms with Crippen LogP contribution in [-0.2, 0) is 13.2 Å². The molecule has 5 aromatic rings. The number of ether oxygens (including phenoxy) is 2. The Balaban J connectivity index is 1.29. The van der Waals surface area contributed by atoms with Gasteiger partial charge in [0.05, 0.1) is 17.3 Å². The number of rotatable bonds is 8. The first kappa shape index (κ1) is 22.9. The SMILES string of the molecule is COc1cccc(CNc2ccc(-c3nc4ccc(C)cc4s3)cc2)c1OCc1cccc(C)c1. The monoisotopic (exact) mass is 480 g/mol. The summed E-state index contributed by atoms with van der Waals surface area (Å²) in [5.41, 5.74) is 7.87. The van der Waals surface area contributed by atoms with Gasteiger partial charge in [0.1, 0.15) is 11.6 Å². The lowest BCUT2D eigenvalue weighted by atomic mass is 10.1. The number of benzene rings is 4. The average molecular weight is 481 g/mol. The van der Waals surface area contributed by atoms with E-state index < -0.39 is 0 Å². The maximum atomic E-state index is 6.23. The van der Waals surface area contributed by atoms with Crippen LogP contribution in [0, 0.1) is 13.8 Å². The molecule has 0 spiro atoms. The summed E-state index contributed by atoms with van der Waals surface area (Å²) in [5, 5.41) is 4.56. The summed E-state index contributed by atoms with van der Waals surface area (Å²) in [4.78, 5) is 4.80. The Morgan fingerprint density at radius 1 is 0.857 bits per heavy atom. The van der Waals surface area contributed by atoms with Crippen LogP contribution in [0.5, 0.6) is 11.5 Å². The number of fused-ring (bicyclic) bond motifs is 1. The van der Waals surface area contributed by atoms with E-state index in [-0.39, 0.29) is 0 Å². The number of nitrogens with zero attached hydrogens (tertiary/aromatic N) is 1.